The predicted molar refractivity (Wildman–Crippen MR) is 81.5 cm³/mol. The van der Waals surface area contributed by atoms with Crippen LogP contribution in [0, 0.1) is 12.7 Å². The van der Waals surface area contributed by atoms with Crippen molar-refractivity contribution in [3.63, 3.8) is 0 Å². The first-order chi connectivity index (χ1) is 10.2. The van der Waals surface area contributed by atoms with Crippen molar-refractivity contribution in [2.75, 3.05) is 6.54 Å². The van der Waals surface area contributed by atoms with E-state index >= 15 is 0 Å². The number of rotatable bonds is 3. The van der Waals surface area contributed by atoms with Gasteiger partial charge in [-0.2, -0.15) is 0 Å². The van der Waals surface area contributed by atoms with E-state index in [2.05, 4.69) is 17.2 Å². The number of halogens is 1. The van der Waals surface area contributed by atoms with Crippen molar-refractivity contribution < 1.29 is 4.39 Å². The summed E-state index contributed by atoms with van der Waals surface area (Å²) in [4.78, 5) is 9.24. The molecule has 1 atom stereocenters. The van der Waals surface area contributed by atoms with E-state index in [1.165, 1.54) is 17.7 Å². The molecular formula is C17H20FN3. The van der Waals surface area contributed by atoms with Gasteiger partial charge in [0.1, 0.15) is 5.82 Å². The molecule has 0 aliphatic heterocycles. The van der Waals surface area contributed by atoms with E-state index in [9.17, 15) is 4.39 Å². The Balaban J connectivity index is 1.99. The van der Waals surface area contributed by atoms with E-state index in [1.54, 1.807) is 6.07 Å². The van der Waals surface area contributed by atoms with Crippen LogP contribution in [0.1, 0.15) is 42.6 Å². The van der Waals surface area contributed by atoms with Crippen molar-refractivity contribution >= 4 is 0 Å². The van der Waals surface area contributed by atoms with Gasteiger partial charge in [-0.25, -0.2) is 14.4 Å². The Labute approximate surface area is 124 Å². The number of aryl methyl sites for hydroxylation is 2. The number of benzene rings is 1. The smallest absolute Gasteiger partial charge is 0.159 e. The largest absolute Gasteiger partial charge is 0.310 e. The molecule has 1 unspecified atom stereocenters. The zero-order valence-corrected chi connectivity index (χ0v) is 12.5. The van der Waals surface area contributed by atoms with Gasteiger partial charge in [-0.05, 0) is 56.5 Å². The molecular weight excluding hydrogens is 265 g/mol. The molecule has 1 heterocycles. The highest BCUT2D eigenvalue weighted by molar-refractivity contribution is 5.60. The van der Waals surface area contributed by atoms with Crippen LogP contribution < -0.4 is 5.32 Å². The monoisotopic (exact) mass is 285 g/mol. The SMILES string of the molecule is CCNC1CCCc2nc(-c3ccc(F)cc3C)ncc21. The van der Waals surface area contributed by atoms with Crippen molar-refractivity contribution in [3.05, 3.63) is 47.0 Å². The Morgan fingerprint density at radius 2 is 2.24 bits per heavy atom. The van der Waals surface area contributed by atoms with Gasteiger partial charge < -0.3 is 5.32 Å². The van der Waals surface area contributed by atoms with Crippen molar-refractivity contribution in [3.8, 4) is 11.4 Å². The summed E-state index contributed by atoms with van der Waals surface area (Å²) < 4.78 is 13.2. The fourth-order valence-corrected chi connectivity index (χ4v) is 3.01. The summed E-state index contributed by atoms with van der Waals surface area (Å²) in [7, 11) is 0. The molecule has 1 aliphatic rings. The molecule has 1 N–H and O–H groups in total. The molecule has 4 heteroatoms. The minimum Gasteiger partial charge on any atom is -0.310 e. The first-order valence-electron chi connectivity index (χ1n) is 7.54. The van der Waals surface area contributed by atoms with Gasteiger partial charge in [-0.1, -0.05) is 6.92 Å². The summed E-state index contributed by atoms with van der Waals surface area (Å²) in [6, 6.07) is 5.12. The van der Waals surface area contributed by atoms with Gasteiger partial charge in [0, 0.05) is 29.1 Å². The second-order valence-electron chi connectivity index (χ2n) is 5.56. The lowest BCUT2D eigenvalue weighted by molar-refractivity contribution is 0.464. The van der Waals surface area contributed by atoms with Gasteiger partial charge >= 0.3 is 0 Å². The number of nitrogens with zero attached hydrogens (tertiary/aromatic N) is 2. The Morgan fingerprint density at radius 1 is 1.38 bits per heavy atom. The Bertz CT molecular complexity index is 654. The minimum absolute atomic E-state index is 0.221. The van der Waals surface area contributed by atoms with Gasteiger partial charge in [0.05, 0.1) is 0 Å². The third-order valence-corrected chi connectivity index (χ3v) is 4.06. The van der Waals surface area contributed by atoms with Crippen LogP contribution in [0.5, 0.6) is 0 Å². The molecule has 3 rings (SSSR count). The molecule has 0 saturated heterocycles. The van der Waals surface area contributed by atoms with E-state index in [4.69, 9.17) is 4.98 Å². The first-order valence-corrected chi connectivity index (χ1v) is 7.54. The van der Waals surface area contributed by atoms with Crippen LogP contribution in [-0.4, -0.2) is 16.5 Å². The van der Waals surface area contributed by atoms with Crippen LogP contribution in [-0.2, 0) is 6.42 Å². The topological polar surface area (TPSA) is 37.8 Å². The van der Waals surface area contributed by atoms with E-state index in [1.807, 2.05) is 13.1 Å². The summed E-state index contributed by atoms with van der Waals surface area (Å²) in [6.07, 6.45) is 5.21. The zero-order valence-electron chi connectivity index (χ0n) is 12.5. The van der Waals surface area contributed by atoms with E-state index in [-0.39, 0.29) is 5.82 Å². The summed E-state index contributed by atoms with van der Waals surface area (Å²) in [5, 5.41) is 3.49. The molecule has 3 nitrogen and oxygen atoms in total. The zero-order chi connectivity index (χ0) is 14.8. The Kier molecular flexibility index (Phi) is 3.97. The second kappa shape index (κ2) is 5.90. The van der Waals surface area contributed by atoms with Crippen molar-refractivity contribution in [2.24, 2.45) is 0 Å². The van der Waals surface area contributed by atoms with Crippen LogP contribution in [0.4, 0.5) is 4.39 Å². The lowest BCUT2D eigenvalue weighted by Crippen LogP contribution is -2.25. The van der Waals surface area contributed by atoms with Gasteiger partial charge in [-0.3, -0.25) is 0 Å². The molecule has 1 aromatic heterocycles. The van der Waals surface area contributed by atoms with E-state index in [0.29, 0.717) is 11.9 Å². The molecule has 21 heavy (non-hydrogen) atoms. The van der Waals surface area contributed by atoms with Gasteiger partial charge in [-0.15, -0.1) is 0 Å². The molecule has 0 amide bonds. The van der Waals surface area contributed by atoms with E-state index < -0.39 is 0 Å². The molecule has 1 aromatic carbocycles. The third-order valence-electron chi connectivity index (χ3n) is 4.06. The molecule has 0 bridgehead atoms. The molecule has 0 saturated carbocycles. The van der Waals surface area contributed by atoms with Gasteiger partial charge in [0.25, 0.3) is 0 Å². The normalized spacial score (nSPS) is 17.6. The van der Waals surface area contributed by atoms with Crippen molar-refractivity contribution in [1.82, 2.24) is 15.3 Å². The average Bonchev–Trinajstić information content (AvgIpc) is 2.47. The lowest BCUT2D eigenvalue weighted by atomic mass is 9.92. The number of hydrogen-bond acceptors (Lipinski definition) is 3. The summed E-state index contributed by atoms with van der Waals surface area (Å²) in [5.41, 5.74) is 4.12. The van der Waals surface area contributed by atoms with Crippen LogP contribution in [0.3, 0.4) is 0 Å². The third kappa shape index (κ3) is 2.81. The Morgan fingerprint density at radius 3 is 3.00 bits per heavy atom. The average molecular weight is 285 g/mol. The van der Waals surface area contributed by atoms with Gasteiger partial charge in [0.15, 0.2) is 5.82 Å². The summed E-state index contributed by atoms with van der Waals surface area (Å²) in [6.45, 7) is 4.96. The van der Waals surface area contributed by atoms with Crippen molar-refractivity contribution in [1.29, 1.82) is 0 Å². The van der Waals surface area contributed by atoms with Crippen LogP contribution in [0.15, 0.2) is 24.4 Å². The highest BCUT2D eigenvalue weighted by Crippen LogP contribution is 2.30. The quantitative estimate of drug-likeness (QED) is 0.936. The number of hydrogen-bond donors (Lipinski definition) is 1. The van der Waals surface area contributed by atoms with Crippen molar-refractivity contribution in [2.45, 2.75) is 39.2 Å². The fourth-order valence-electron chi connectivity index (χ4n) is 3.01. The highest BCUT2D eigenvalue weighted by atomic mass is 19.1. The predicted octanol–water partition coefficient (Wildman–Crippen LogP) is 3.58. The summed E-state index contributed by atoms with van der Waals surface area (Å²) >= 11 is 0. The first kappa shape index (κ1) is 14.1. The fraction of sp³-hybridized carbons (Fsp3) is 0.412. The molecule has 0 fully saturated rings. The maximum absolute atomic E-state index is 13.2. The summed E-state index contributed by atoms with van der Waals surface area (Å²) in [5.74, 6) is 0.477. The molecule has 2 aromatic rings. The minimum atomic E-state index is -0.221. The van der Waals surface area contributed by atoms with E-state index in [0.717, 1.165) is 42.6 Å². The number of nitrogens with one attached hydrogen (secondary N) is 1. The van der Waals surface area contributed by atoms with Gasteiger partial charge in [0.2, 0.25) is 0 Å². The molecule has 0 radical (unpaired) electrons. The number of fused-ring (bicyclic) bond motifs is 1. The second-order valence-corrected chi connectivity index (χ2v) is 5.56. The lowest BCUT2D eigenvalue weighted by Gasteiger charge is -2.25. The van der Waals surface area contributed by atoms with Crippen LogP contribution in [0.2, 0.25) is 0 Å². The number of aromatic nitrogens is 2. The maximum atomic E-state index is 13.2. The van der Waals surface area contributed by atoms with Crippen LogP contribution >= 0.6 is 0 Å². The molecule has 1 aliphatic carbocycles. The highest BCUT2D eigenvalue weighted by Gasteiger charge is 2.21. The maximum Gasteiger partial charge on any atom is 0.159 e. The molecule has 0 spiro atoms. The Hall–Kier alpha value is -1.81. The van der Waals surface area contributed by atoms with Crippen LogP contribution in [0.25, 0.3) is 11.4 Å². The molecule has 110 valence electrons. The standard InChI is InChI=1S/C17H20FN3/c1-3-19-15-5-4-6-16-14(15)10-20-17(21-16)13-8-7-12(18)9-11(13)2/h7-10,15,19H,3-6H2,1-2H3.